The summed E-state index contributed by atoms with van der Waals surface area (Å²) in [5.74, 6) is -0.385. The first-order chi connectivity index (χ1) is 12.4. The van der Waals surface area contributed by atoms with E-state index in [-0.39, 0.29) is 28.2 Å². The van der Waals surface area contributed by atoms with E-state index in [9.17, 15) is 18.0 Å². The standard InChI is InChI=1S/C20H26F3N3O/c1-6-13(2)24-18(27)15-12-16(20(21,22)23)14(3)25-17(15)26-10-7-8-19(4,5)9-11-26/h6,12H,1-2,7-11H2,3-5H3,(H,24,27). The largest absolute Gasteiger partial charge is 0.418 e. The number of rotatable bonds is 4. The van der Waals surface area contributed by atoms with Crippen LogP contribution in [0.5, 0.6) is 0 Å². The highest BCUT2D eigenvalue weighted by atomic mass is 19.4. The van der Waals surface area contributed by atoms with Crippen LogP contribution >= 0.6 is 0 Å². The maximum Gasteiger partial charge on any atom is 0.418 e. The van der Waals surface area contributed by atoms with Gasteiger partial charge in [-0.05, 0) is 43.7 Å². The number of allylic oxidation sites excluding steroid dienone is 1. The van der Waals surface area contributed by atoms with E-state index in [4.69, 9.17) is 0 Å². The number of hydrogen-bond acceptors (Lipinski definition) is 3. The molecule has 0 unspecified atom stereocenters. The molecule has 2 heterocycles. The van der Waals surface area contributed by atoms with E-state index in [1.807, 2.05) is 4.90 Å². The quantitative estimate of drug-likeness (QED) is 0.758. The molecule has 1 N–H and O–H groups in total. The van der Waals surface area contributed by atoms with E-state index >= 15 is 0 Å². The number of anilines is 1. The lowest BCUT2D eigenvalue weighted by Gasteiger charge is -2.26. The Morgan fingerprint density at radius 1 is 1.33 bits per heavy atom. The molecule has 27 heavy (non-hydrogen) atoms. The van der Waals surface area contributed by atoms with Crippen LogP contribution in [0.25, 0.3) is 0 Å². The van der Waals surface area contributed by atoms with Crippen LogP contribution in [0.1, 0.15) is 54.7 Å². The number of amides is 1. The van der Waals surface area contributed by atoms with Gasteiger partial charge in [0.05, 0.1) is 16.8 Å². The van der Waals surface area contributed by atoms with Gasteiger partial charge in [-0.3, -0.25) is 4.79 Å². The van der Waals surface area contributed by atoms with Crippen molar-refractivity contribution in [3.05, 3.63) is 47.8 Å². The number of aryl methyl sites for hydroxylation is 1. The highest BCUT2D eigenvalue weighted by molar-refractivity contribution is 6.00. The zero-order valence-electron chi connectivity index (χ0n) is 16.0. The van der Waals surface area contributed by atoms with Crippen molar-refractivity contribution in [1.29, 1.82) is 0 Å². The number of alkyl halides is 3. The normalized spacial score (nSPS) is 17.2. The van der Waals surface area contributed by atoms with Crippen LogP contribution in [0, 0.1) is 12.3 Å². The number of hydrogen-bond donors (Lipinski definition) is 1. The Hall–Kier alpha value is -2.31. The molecule has 0 radical (unpaired) electrons. The Morgan fingerprint density at radius 2 is 2.00 bits per heavy atom. The van der Waals surface area contributed by atoms with Crippen LogP contribution in [0.2, 0.25) is 0 Å². The van der Waals surface area contributed by atoms with E-state index in [1.54, 1.807) is 0 Å². The average molecular weight is 381 g/mol. The van der Waals surface area contributed by atoms with Crippen LogP contribution in [0.4, 0.5) is 19.0 Å². The predicted molar refractivity (Wildman–Crippen MR) is 101 cm³/mol. The lowest BCUT2D eigenvalue weighted by molar-refractivity contribution is -0.138. The Bertz CT molecular complexity index is 754. The number of nitrogens with one attached hydrogen (secondary N) is 1. The number of pyridine rings is 1. The molecule has 0 spiro atoms. The maximum atomic E-state index is 13.3. The average Bonchev–Trinajstić information content (AvgIpc) is 2.73. The molecule has 0 atom stereocenters. The Labute approximate surface area is 158 Å². The Balaban J connectivity index is 2.51. The van der Waals surface area contributed by atoms with Crippen LogP contribution in [0.3, 0.4) is 0 Å². The minimum atomic E-state index is -4.58. The molecule has 1 amide bonds. The number of carbonyl (C=O) groups excluding carboxylic acids is 1. The van der Waals surface area contributed by atoms with Crippen molar-refractivity contribution in [3.63, 3.8) is 0 Å². The lowest BCUT2D eigenvalue weighted by Crippen LogP contribution is -2.31. The van der Waals surface area contributed by atoms with Gasteiger partial charge in [-0.15, -0.1) is 0 Å². The van der Waals surface area contributed by atoms with Crippen molar-refractivity contribution in [2.75, 3.05) is 18.0 Å². The number of aromatic nitrogens is 1. The molecular weight excluding hydrogens is 355 g/mol. The molecular formula is C20H26F3N3O. The molecule has 1 aliphatic heterocycles. The summed E-state index contributed by atoms with van der Waals surface area (Å²) >= 11 is 0. The van der Waals surface area contributed by atoms with Crippen LogP contribution in [-0.4, -0.2) is 24.0 Å². The molecule has 0 bridgehead atoms. The smallest absolute Gasteiger partial charge is 0.356 e. The Morgan fingerprint density at radius 3 is 2.59 bits per heavy atom. The highest BCUT2D eigenvalue weighted by Gasteiger charge is 2.36. The Kier molecular flexibility index (Phi) is 6.02. The second-order valence-electron chi connectivity index (χ2n) is 7.68. The highest BCUT2D eigenvalue weighted by Crippen LogP contribution is 2.36. The fourth-order valence-corrected chi connectivity index (χ4v) is 3.19. The zero-order valence-corrected chi connectivity index (χ0v) is 16.0. The van der Waals surface area contributed by atoms with Crippen molar-refractivity contribution in [2.45, 2.75) is 46.2 Å². The molecule has 0 aliphatic carbocycles. The first-order valence-corrected chi connectivity index (χ1v) is 8.91. The monoisotopic (exact) mass is 381 g/mol. The molecule has 1 fully saturated rings. The molecule has 4 nitrogen and oxygen atoms in total. The van der Waals surface area contributed by atoms with Gasteiger partial charge in [0.2, 0.25) is 0 Å². The van der Waals surface area contributed by atoms with Crippen LogP contribution in [0.15, 0.2) is 31.0 Å². The summed E-state index contributed by atoms with van der Waals surface area (Å²) in [4.78, 5) is 18.7. The summed E-state index contributed by atoms with van der Waals surface area (Å²) < 4.78 is 40.0. The molecule has 0 aromatic carbocycles. The van der Waals surface area contributed by atoms with E-state index < -0.39 is 17.6 Å². The zero-order chi connectivity index (χ0) is 20.4. The molecule has 1 saturated heterocycles. The van der Waals surface area contributed by atoms with Crippen LogP contribution in [-0.2, 0) is 6.18 Å². The van der Waals surface area contributed by atoms with Gasteiger partial charge in [0.25, 0.3) is 5.91 Å². The first kappa shape index (κ1) is 21.0. The maximum absolute atomic E-state index is 13.3. The van der Waals surface area contributed by atoms with E-state index in [2.05, 4.69) is 37.3 Å². The van der Waals surface area contributed by atoms with Gasteiger partial charge in [0, 0.05) is 18.8 Å². The summed E-state index contributed by atoms with van der Waals surface area (Å²) in [6.07, 6.45) is -0.485. The summed E-state index contributed by atoms with van der Waals surface area (Å²) in [6, 6.07) is 0.888. The molecule has 1 aromatic rings. The number of carbonyl (C=O) groups is 1. The van der Waals surface area contributed by atoms with Crippen molar-refractivity contribution in [3.8, 4) is 0 Å². The van der Waals surface area contributed by atoms with E-state index in [0.717, 1.165) is 25.3 Å². The van der Waals surface area contributed by atoms with Gasteiger partial charge < -0.3 is 10.2 Å². The SMILES string of the molecule is C=CC(=C)NC(=O)c1cc(C(F)(F)F)c(C)nc1N1CCCC(C)(C)CC1. The summed E-state index contributed by atoms with van der Waals surface area (Å²) in [5.41, 5.74) is -0.779. The molecule has 2 rings (SSSR count). The summed E-state index contributed by atoms with van der Waals surface area (Å²) in [5, 5.41) is 2.47. The van der Waals surface area contributed by atoms with Crippen LogP contribution < -0.4 is 10.2 Å². The van der Waals surface area contributed by atoms with Crippen molar-refractivity contribution < 1.29 is 18.0 Å². The second kappa shape index (κ2) is 7.74. The van der Waals surface area contributed by atoms with Crippen molar-refractivity contribution >= 4 is 11.7 Å². The third-order valence-corrected chi connectivity index (χ3v) is 4.90. The van der Waals surface area contributed by atoms with Gasteiger partial charge in [-0.25, -0.2) is 4.98 Å². The third kappa shape index (κ3) is 5.11. The summed E-state index contributed by atoms with van der Waals surface area (Å²) in [7, 11) is 0. The van der Waals surface area contributed by atoms with Gasteiger partial charge in [-0.2, -0.15) is 13.2 Å². The summed E-state index contributed by atoms with van der Waals surface area (Å²) in [6.45, 7) is 14.0. The molecule has 7 heteroatoms. The van der Waals surface area contributed by atoms with Gasteiger partial charge in [0.1, 0.15) is 5.82 Å². The topological polar surface area (TPSA) is 45.2 Å². The van der Waals surface area contributed by atoms with Crippen molar-refractivity contribution in [1.82, 2.24) is 10.3 Å². The van der Waals surface area contributed by atoms with E-state index in [1.165, 1.54) is 13.0 Å². The fraction of sp³-hybridized carbons (Fsp3) is 0.500. The minimum absolute atomic E-state index is 0.101. The van der Waals surface area contributed by atoms with Gasteiger partial charge >= 0.3 is 6.18 Å². The molecule has 1 aliphatic rings. The first-order valence-electron chi connectivity index (χ1n) is 8.91. The van der Waals surface area contributed by atoms with E-state index in [0.29, 0.717) is 13.1 Å². The molecule has 0 saturated carbocycles. The van der Waals surface area contributed by atoms with Crippen molar-refractivity contribution in [2.24, 2.45) is 5.41 Å². The lowest BCUT2D eigenvalue weighted by atomic mass is 9.85. The number of nitrogens with zero attached hydrogens (tertiary/aromatic N) is 2. The fourth-order valence-electron chi connectivity index (χ4n) is 3.19. The minimum Gasteiger partial charge on any atom is -0.356 e. The number of halogens is 3. The van der Waals surface area contributed by atoms with Gasteiger partial charge in [-0.1, -0.05) is 27.0 Å². The third-order valence-electron chi connectivity index (χ3n) is 4.90. The van der Waals surface area contributed by atoms with Gasteiger partial charge in [0.15, 0.2) is 0 Å². The second-order valence-corrected chi connectivity index (χ2v) is 7.68. The predicted octanol–water partition coefficient (Wildman–Crippen LogP) is 4.85. The molecule has 148 valence electrons. The molecule has 1 aromatic heterocycles.